The molecule has 0 radical (unpaired) electrons. The highest BCUT2D eigenvalue weighted by Gasteiger charge is 2.31. The molecule has 1 aromatic heterocycles. The normalized spacial score (nSPS) is 16.7. The summed E-state index contributed by atoms with van der Waals surface area (Å²) >= 11 is 0. The van der Waals surface area contributed by atoms with Crippen LogP contribution in [0, 0.1) is 12.7 Å². The van der Waals surface area contributed by atoms with Gasteiger partial charge in [-0.15, -0.1) is 0 Å². The largest absolute Gasteiger partial charge is 0.363 e. The van der Waals surface area contributed by atoms with Gasteiger partial charge < -0.3 is 9.80 Å². The molecule has 31 heavy (non-hydrogen) atoms. The van der Waals surface area contributed by atoms with Gasteiger partial charge in [-0.1, -0.05) is 6.07 Å². The van der Waals surface area contributed by atoms with Gasteiger partial charge in [0.2, 0.25) is 15.9 Å². The Morgan fingerprint density at radius 2 is 1.94 bits per heavy atom. The van der Waals surface area contributed by atoms with E-state index in [0.717, 1.165) is 23.2 Å². The van der Waals surface area contributed by atoms with Crippen LogP contribution in [0.25, 0.3) is 0 Å². The van der Waals surface area contributed by atoms with Gasteiger partial charge in [-0.05, 0) is 37.5 Å². The Labute approximate surface area is 182 Å². The van der Waals surface area contributed by atoms with Crippen molar-refractivity contribution in [2.45, 2.75) is 44.2 Å². The fourth-order valence-electron chi connectivity index (χ4n) is 3.60. The monoisotopic (exact) mass is 449 g/mol. The van der Waals surface area contributed by atoms with Crippen molar-refractivity contribution in [1.82, 2.24) is 19.2 Å². The molecule has 1 amide bonds. The molecule has 1 saturated heterocycles. The number of anilines is 1. The van der Waals surface area contributed by atoms with Gasteiger partial charge in [0.05, 0.1) is 23.2 Å². The minimum absolute atomic E-state index is 0.0129. The number of sulfonamides is 1. The first kappa shape index (κ1) is 23.1. The summed E-state index contributed by atoms with van der Waals surface area (Å²) in [6, 6.07) is 5.35. The molecule has 0 aliphatic carbocycles. The highest BCUT2D eigenvalue weighted by molar-refractivity contribution is 7.89. The number of likely N-dealkylation sites (tertiary alicyclic amines) is 1. The van der Waals surface area contributed by atoms with Crippen molar-refractivity contribution < 1.29 is 17.6 Å². The van der Waals surface area contributed by atoms with Crippen molar-refractivity contribution in [3.63, 3.8) is 0 Å². The van der Waals surface area contributed by atoms with Crippen LogP contribution >= 0.6 is 0 Å². The topological polar surface area (TPSA) is 86.7 Å². The van der Waals surface area contributed by atoms with Gasteiger partial charge in [-0.3, -0.25) is 4.79 Å². The zero-order valence-corrected chi connectivity index (χ0v) is 19.3. The highest BCUT2D eigenvalue weighted by atomic mass is 32.2. The first-order valence-electron chi connectivity index (χ1n) is 10.1. The molecule has 0 bridgehead atoms. The SMILES string of the molecule is CC(=O)N1CCC[C@@H]1c1nc(CN(C)S(=O)(=O)c2ccc(C)c(F)c2)cc(N(C)C)n1. The molecule has 0 N–H and O–H groups in total. The molecule has 168 valence electrons. The van der Waals surface area contributed by atoms with E-state index in [9.17, 15) is 17.6 Å². The summed E-state index contributed by atoms with van der Waals surface area (Å²) in [7, 11) is 1.19. The maximum Gasteiger partial charge on any atom is 0.243 e. The van der Waals surface area contributed by atoms with Crippen LogP contribution in [-0.4, -0.2) is 61.2 Å². The van der Waals surface area contributed by atoms with Gasteiger partial charge in [0.1, 0.15) is 11.6 Å². The summed E-state index contributed by atoms with van der Waals surface area (Å²) in [6.45, 7) is 3.74. The standard InChI is InChI=1S/C21H28FN5O3S/c1-14-8-9-17(12-18(14)22)31(29,30)26(5)13-16-11-20(25(3)4)24-21(23-16)19-7-6-10-27(19)15(2)28/h8-9,11-12,19H,6-7,10,13H2,1-5H3/t19-/m1/s1. The highest BCUT2D eigenvalue weighted by Crippen LogP contribution is 2.31. The van der Waals surface area contributed by atoms with Crippen LogP contribution in [0.3, 0.4) is 0 Å². The second kappa shape index (κ2) is 8.88. The predicted octanol–water partition coefficient (Wildman–Crippen LogP) is 2.49. The minimum atomic E-state index is -3.91. The van der Waals surface area contributed by atoms with E-state index in [0.29, 0.717) is 29.4 Å². The Hall–Kier alpha value is -2.59. The van der Waals surface area contributed by atoms with E-state index < -0.39 is 15.8 Å². The number of carbonyl (C=O) groups is 1. The number of hydrogen-bond donors (Lipinski definition) is 0. The molecular formula is C21H28FN5O3S. The van der Waals surface area contributed by atoms with Crippen LogP contribution < -0.4 is 4.90 Å². The number of rotatable bonds is 6. The Kier molecular flexibility index (Phi) is 6.61. The third-order valence-corrected chi connectivity index (χ3v) is 7.23. The molecule has 0 unspecified atom stereocenters. The number of benzene rings is 1. The average molecular weight is 450 g/mol. The Bertz CT molecular complexity index is 1090. The minimum Gasteiger partial charge on any atom is -0.363 e. The predicted molar refractivity (Wildman–Crippen MR) is 116 cm³/mol. The van der Waals surface area contributed by atoms with Gasteiger partial charge in [0.25, 0.3) is 0 Å². The summed E-state index contributed by atoms with van der Waals surface area (Å²) in [5.74, 6) is 0.520. The van der Waals surface area contributed by atoms with E-state index in [1.165, 1.54) is 26.1 Å². The molecule has 1 aliphatic heterocycles. The van der Waals surface area contributed by atoms with E-state index >= 15 is 0 Å². The molecule has 1 aliphatic rings. The number of amides is 1. The van der Waals surface area contributed by atoms with Gasteiger partial charge in [0.15, 0.2) is 5.82 Å². The molecular weight excluding hydrogens is 421 g/mol. The van der Waals surface area contributed by atoms with Gasteiger partial charge in [-0.25, -0.2) is 22.8 Å². The van der Waals surface area contributed by atoms with E-state index in [4.69, 9.17) is 0 Å². The summed E-state index contributed by atoms with van der Waals surface area (Å²) in [6.07, 6.45) is 1.62. The zero-order chi connectivity index (χ0) is 22.9. The summed E-state index contributed by atoms with van der Waals surface area (Å²) < 4.78 is 41.0. The van der Waals surface area contributed by atoms with Crippen LogP contribution in [0.4, 0.5) is 10.2 Å². The maximum absolute atomic E-state index is 13.9. The van der Waals surface area contributed by atoms with Gasteiger partial charge >= 0.3 is 0 Å². The molecule has 1 atom stereocenters. The quantitative estimate of drug-likeness (QED) is 0.674. The smallest absolute Gasteiger partial charge is 0.243 e. The Balaban J connectivity index is 1.93. The van der Waals surface area contributed by atoms with Crippen molar-refractivity contribution >= 4 is 21.7 Å². The summed E-state index contributed by atoms with van der Waals surface area (Å²) in [4.78, 5) is 24.6. The van der Waals surface area contributed by atoms with Crippen LogP contribution in [0.1, 0.15) is 42.9 Å². The lowest BCUT2D eigenvalue weighted by Gasteiger charge is -2.24. The van der Waals surface area contributed by atoms with Crippen LogP contribution in [-0.2, 0) is 21.4 Å². The number of nitrogens with zero attached hydrogens (tertiary/aromatic N) is 5. The van der Waals surface area contributed by atoms with Gasteiger partial charge in [-0.2, -0.15) is 4.31 Å². The second-order valence-electron chi connectivity index (χ2n) is 8.01. The fourth-order valence-corrected chi connectivity index (χ4v) is 4.76. The van der Waals surface area contributed by atoms with Crippen LogP contribution in [0.2, 0.25) is 0 Å². The second-order valence-corrected chi connectivity index (χ2v) is 10.1. The van der Waals surface area contributed by atoms with Crippen LogP contribution in [0.5, 0.6) is 0 Å². The summed E-state index contributed by atoms with van der Waals surface area (Å²) in [5, 5.41) is 0. The van der Waals surface area contributed by atoms with Crippen molar-refractivity contribution in [1.29, 1.82) is 0 Å². The lowest BCUT2D eigenvalue weighted by Crippen LogP contribution is -2.31. The molecule has 1 aromatic carbocycles. The van der Waals surface area contributed by atoms with Crippen molar-refractivity contribution in [3.8, 4) is 0 Å². The lowest BCUT2D eigenvalue weighted by molar-refractivity contribution is -0.129. The van der Waals surface area contributed by atoms with E-state index in [2.05, 4.69) is 9.97 Å². The van der Waals surface area contributed by atoms with E-state index in [1.807, 2.05) is 19.0 Å². The molecule has 2 heterocycles. The first-order chi connectivity index (χ1) is 14.5. The first-order valence-corrected chi connectivity index (χ1v) is 11.5. The van der Waals surface area contributed by atoms with Crippen molar-refractivity contribution in [3.05, 3.63) is 47.2 Å². The van der Waals surface area contributed by atoms with E-state index in [1.54, 1.807) is 17.9 Å². The van der Waals surface area contributed by atoms with Crippen LogP contribution in [0.15, 0.2) is 29.2 Å². The Morgan fingerprint density at radius 1 is 1.23 bits per heavy atom. The third kappa shape index (κ3) is 4.85. The lowest BCUT2D eigenvalue weighted by atomic mass is 10.2. The summed E-state index contributed by atoms with van der Waals surface area (Å²) in [5.41, 5.74) is 0.881. The molecule has 1 fully saturated rings. The molecule has 2 aromatic rings. The molecule has 10 heteroatoms. The molecule has 0 spiro atoms. The molecule has 8 nitrogen and oxygen atoms in total. The number of halogens is 1. The molecule has 0 saturated carbocycles. The molecule has 3 rings (SSSR count). The number of carbonyl (C=O) groups excluding carboxylic acids is 1. The average Bonchev–Trinajstić information content (AvgIpc) is 3.20. The van der Waals surface area contributed by atoms with Gasteiger partial charge in [0, 0.05) is 40.7 Å². The number of aryl methyl sites for hydroxylation is 1. The van der Waals surface area contributed by atoms with Crippen molar-refractivity contribution in [2.75, 3.05) is 32.6 Å². The third-order valence-electron chi connectivity index (χ3n) is 5.43. The maximum atomic E-state index is 13.9. The fraction of sp³-hybridized carbons (Fsp3) is 0.476. The Morgan fingerprint density at radius 3 is 2.55 bits per heavy atom. The number of aromatic nitrogens is 2. The van der Waals surface area contributed by atoms with E-state index in [-0.39, 0.29) is 23.4 Å². The number of hydrogen-bond acceptors (Lipinski definition) is 6. The van der Waals surface area contributed by atoms with Crippen molar-refractivity contribution in [2.24, 2.45) is 0 Å². The zero-order valence-electron chi connectivity index (χ0n) is 18.5.